The average Bonchev–Trinajstić information content (AvgIpc) is 2.25. The van der Waals surface area contributed by atoms with Crippen molar-refractivity contribution in [1.29, 1.82) is 0 Å². The number of aliphatic hydroxyl groups is 2. The van der Waals surface area contributed by atoms with Gasteiger partial charge in [0, 0.05) is 19.1 Å². The van der Waals surface area contributed by atoms with Crippen LogP contribution in [0.2, 0.25) is 0 Å². The van der Waals surface area contributed by atoms with Crippen molar-refractivity contribution in [2.24, 2.45) is 5.92 Å². The molecule has 1 aliphatic carbocycles. The van der Waals surface area contributed by atoms with Gasteiger partial charge in [0.2, 0.25) is 0 Å². The highest BCUT2D eigenvalue weighted by Gasteiger charge is 2.15. The van der Waals surface area contributed by atoms with Crippen LogP contribution in [0.1, 0.15) is 38.5 Å². The molecule has 0 heterocycles. The first-order valence-corrected chi connectivity index (χ1v) is 5.70. The van der Waals surface area contributed by atoms with Crippen molar-refractivity contribution >= 4 is 0 Å². The lowest BCUT2D eigenvalue weighted by molar-refractivity contribution is -0.00801. The predicted molar refractivity (Wildman–Crippen MR) is 55.1 cm³/mol. The quantitative estimate of drug-likeness (QED) is 0.683. The Kier molecular flexibility index (Phi) is 6.15. The van der Waals surface area contributed by atoms with E-state index in [-0.39, 0.29) is 19.1 Å². The molecule has 0 radical (unpaired) electrons. The van der Waals surface area contributed by atoms with E-state index in [2.05, 4.69) is 0 Å². The Morgan fingerprint density at radius 3 is 2.43 bits per heavy atom. The molecule has 0 aromatic rings. The molecule has 1 saturated carbocycles. The third-order valence-corrected chi connectivity index (χ3v) is 2.92. The van der Waals surface area contributed by atoms with Gasteiger partial charge in [-0.2, -0.15) is 0 Å². The van der Waals surface area contributed by atoms with Crippen molar-refractivity contribution in [3.05, 3.63) is 0 Å². The van der Waals surface area contributed by atoms with Crippen molar-refractivity contribution in [2.45, 2.75) is 44.6 Å². The molecule has 3 nitrogen and oxygen atoms in total. The zero-order valence-corrected chi connectivity index (χ0v) is 8.82. The number of aliphatic hydroxyl groups excluding tert-OH is 2. The van der Waals surface area contributed by atoms with Crippen LogP contribution in [-0.2, 0) is 4.74 Å². The summed E-state index contributed by atoms with van der Waals surface area (Å²) in [7, 11) is 0. The lowest BCUT2D eigenvalue weighted by Gasteiger charge is -2.24. The Morgan fingerprint density at radius 2 is 1.86 bits per heavy atom. The van der Waals surface area contributed by atoms with Crippen LogP contribution in [0.3, 0.4) is 0 Å². The van der Waals surface area contributed by atoms with Crippen molar-refractivity contribution in [3.8, 4) is 0 Å². The van der Waals surface area contributed by atoms with Gasteiger partial charge in [-0.05, 0) is 19.3 Å². The van der Waals surface area contributed by atoms with Crippen molar-refractivity contribution in [1.82, 2.24) is 0 Å². The molecule has 2 N–H and O–H groups in total. The summed E-state index contributed by atoms with van der Waals surface area (Å²) in [5.74, 6) is 0.113. The van der Waals surface area contributed by atoms with E-state index in [9.17, 15) is 0 Å². The Labute approximate surface area is 86.1 Å². The summed E-state index contributed by atoms with van der Waals surface area (Å²) in [6, 6.07) is 0. The molecule has 0 bridgehead atoms. The van der Waals surface area contributed by atoms with Crippen LogP contribution in [0.4, 0.5) is 0 Å². The fourth-order valence-electron chi connectivity index (χ4n) is 1.91. The normalized spacial score (nSPS) is 21.0. The molecule has 1 aliphatic rings. The monoisotopic (exact) mass is 202 g/mol. The molecule has 0 amide bonds. The zero-order chi connectivity index (χ0) is 10.2. The van der Waals surface area contributed by atoms with E-state index in [1.165, 1.54) is 19.3 Å². The molecule has 3 heteroatoms. The molecule has 1 atom stereocenters. The number of rotatable bonds is 6. The van der Waals surface area contributed by atoms with Crippen molar-refractivity contribution in [2.75, 3.05) is 19.8 Å². The summed E-state index contributed by atoms with van der Waals surface area (Å²) in [6.45, 7) is 0.855. The van der Waals surface area contributed by atoms with Gasteiger partial charge in [-0.15, -0.1) is 0 Å². The minimum Gasteiger partial charge on any atom is -0.396 e. The van der Waals surface area contributed by atoms with Gasteiger partial charge in [0.05, 0.1) is 12.7 Å². The summed E-state index contributed by atoms with van der Waals surface area (Å²) in [5.41, 5.74) is 0. The maximum Gasteiger partial charge on any atom is 0.0575 e. The van der Waals surface area contributed by atoms with Gasteiger partial charge in [-0.25, -0.2) is 0 Å². The van der Waals surface area contributed by atoms with Gasteiger partial charge < -0.3 is 14.9 Å². The van der Waals surface area contributed by atoms with Crippen LogP contribution < -0.4 is 0 Å². The molecule has 0 aromatic heterocycles. The van der Waals surface area contributed by atoms with E-state index in [0.29, 0.717) is 19.1 Å². The zero-order valence-electron chi connectivity index (χ0n) is 8.82. The van der Waals surface area contributed by atoms with Gasteiger partial charge in [0.25, 0.3) is 0 Å². The second-order valence-electron chi connectivity index (χ2n) is 4.15. The molecule has 0 spiro atoms. The van der Waals surface area contributed by atoms with E-state index in [1.54, 1.807) is 0 Å². The van der Waals surface area contributed by atoms with Crippen LogP contribution in [0, 0.1) is 5.92 Å². The third-order valence-electron chi connectivity index (χ3n) is 2.92. The topological polar surface area (TPSA) is 49.7 Å². The minimum absolute atomic E-state index is 0.113. The van der Waals surface area contributed by atoms with Crippen molar-refractivity contribution in [3.63, 3.8) is 0 Å². The van der Waals surface area contributed by atoms with Crippen LogP contribution in [0.25, 0.3) is 0 Å². The van der Waals surface area contributed by atoms with Gasteiger partial charge in [0.15, 0.2) is 0 Å². The smallest absolute Gasteiger partial charge is 0.0575 e. The summed E-state index contributed by atoms with van der Waals surface area (Å²) < 4.78 is 5.72. The second kappa shape index (κ2) is 7.21. The van der Waals surface area contributed by atoms with E-state index in [1.807, 2.05) is 0 Å². The summed E-state index contributed by atoms with van der Waals surface area (Å²) in [5, 5.41) is 17.7. The Bertz CT molecular complexity index is 128. The van der Waals surface area contributed by atoms with Crippen LogP contribution in [-0.4, -0.2) is 36.1 Å². The van der Waals surface area contributed by atoms with Gasteiger partial charge in [0.1, 0.15) is 0 Å². The number of hydrogen-bond acceptors (Lipinski definition) is 3. The Morgan fingerprint density at radius 1 is 1.14 bits per heavy atom. The van der Waals surface area contributed by atoms with Gasteiger partial charge >= 0.3 is 0 Å². The molecular formula is C11H22O3. The van der Waals surface area contributed by atoms with Crippen LogP contribution in [0.5, 0.6) is 0 Å². The highest BCUT2D eigenvalue weighted by Crippen LogP contribution is 2.21. The molecule has 14 heavy (non-hydrogen) atoms. The van der Waals surface area contributed by atoms with E-state index >= 15 is 0 Å². The first kappa shape index (κ1) is 12.0. The molecule has 0 aromatic carbocycles. The first-order valence-electron chi connectivity index (χ1n) is 5.70. The minimum atomic E-state index is 0.113. The summed E-state index contributed by atoms with van der Waals surface area (Å²) >= 11 is 0. The fraction of sp³-hybridized carbons (Fsp3) is 1.00. The van der Waals surface area contributed by atoms with E-state index in [0.717, 1.165) is 12.8 Å². The van der Waals surface area contributed by atoms with Gasteiger partial charge in [-0.1, -0.05) is 19.3 Å². The second-order valence-corrected chi connectivity index (χ2v) is 4.15. The molecule has 84 valence electrons. The standard InChI is InChI=1S/C11H22O3/c12-7-6-10(8-13)9-14-11-4-2-1-3-5-11/h10-13H,1-9H2. The molecular weight excluding hydrogens is 180 g/mol. The SMILES string of the molecule is OCCC(CO)COC1CCCCC1. The van der Waals surface area contributed by atoms with Crippen LogP contribution in [0.15, 0.2) is 0 Å². The molecule has 1 fully saturated rings. The summed E-state index contributed by atoms with van der Waals surface area (Å²) in [4.78, 5) is 0. The predicted octanol–water partition coefficient (Wildman–Crippen LogP) is 1.33. The lowest BCUT2D eigenvalue weighted by Crippen LogP contribution is -2.23. The first-order chi connectivity index (χ1) is 6.86. The largest absolute Gasteiger partial charge is 0.396 e. The maximum atomic E-state index is 9.00. The Hall–Kier alpha value is -0.120. The fourth-order valence-corrected chi connectivity index (χ4v) is 1.91. The van der Waals surface area contributed by atoms with E-state index in [4.69, 9.17) is 14.9 Å². The summed E-state index contributed by atoms with van der Waals surface area (Å²) in [6.07, 6.45) is 7.25. The Balaban J connectivity index is 2.10. The molecule has 0 saturated heterocycles. The molecule has 1 unspecified atom stereocenters. The van der Waals surface area contributed by atoms with Gasteiger partial charge in [-0.3, -0.25) is 0 Å². The van der Waals surface area contributed by atoms with Crippen LogP contribution >= 0.6 is 0 Å². The highest BCUT2D eigenvalue weighted by molar-refractivity contribution is 4.66. The van der Waals surface area contributed by atoms with Crippen molar-refractivity contribution < 1.29 is 14.9 Å². The molecule has 0 aliphatic heterocycles. The maximum absolute atomic E-state index is 9.00. The third kappa shape index (κ3) is 4.40. The lowest BCUT2D eigenvalue weighted by atomic mass is 9.97. The molecule has 1 rings (SSSR count). The number of ether oxygens (including phenoxy) is 1. The average molecular weight is 202 g/mol. The highest BCUT2D eigenvalue weighted by atomic mass is 16.5. The number of hydrogen-bond donors (Lipinski definition) is 2. The van der Waals surface area contributed by atoms with E-state index < -0.39 is 0 Å².